The van der Waals surface area contributed by atoms with Gasteiger partial charge >= 0.3 is 0 Å². The van der Waals surface area contributed by atoms with Crippen molar-refractivity contribution in [3.8, 4) is 5.75 Å². The van der Waals surface area contributed by atoms with Gasteiger partial charge in [0.15, 0.2) is 0 Å². The molecule has 0 unspecified atom stereocenters. The second-order valence-electron chi connectivity index (χ2n) is 5.53. The Labute approximate surface area is 137 Å². The van der Waals surface area contributed by atoms with Crippen molar-refractivity contribution in [3.63, 3.8) is 0 Å². The second-order valence-corrected chi connectivity index (χ2v) is 5.53. The van der Waals surface area contributed by atoms with E-state index >= 15 is 0 Å². The SMILES string of the molecule is COc1ccccc1CCNC(=O)CNc1c(C)cccc1C. The smallest absolute Gasteiger partial charge is 0.239 e. The largest absolute Gasteiger partial charge is 0.496 e. The summed E-state index contributed by atoms with van der Waals surface area (Å²) in [6.07, 6.45) is 0.749. The van der Waals surface area contributed by atoms with E-state index in [4.69, 9.17) is 4.74 Å². The quantitative estimate of drug-likeness (QED) is 0.826. The van der Waals surface area contributed by atoms with Crippen molar-refractivity contribution in [2.75, 3.05) is 25.5 Å². The molecule has 4 heteroatoms. The summed E-state index contributed by atoms with van der Waals surface area (Å²) in [5.74, 6) is 0.845. The molecule has 0 aliphatic carbocycles. The third-order valence-electron chi connectivity index (χ3n) is 3.82. The first-order chi connectivity index (χ1) is 11.1. The van der Waals surface area contributed by atoms with Crippen LogP contribution in [0.25, 0.3) is 0 Å². The zero-order valence-corrected chi connectivity index (χ0v) is 14.0. The van der Waals surface area contributed by atoms with Crippen molar-refractivity contribution in [3.05, 3.63) is 59.2 Å². The fourth-order valence-electron chi connectivity index (χ4n) is 2.57. The number of para-hydroxylation sites is 2. The molecule has 0 heterocycles. The van der Waals surface area contributed by atoms with Crippen LogP contribution in [0.15, 0.2) is 42.5 Å². The molecule has 4 nitrogen and oxygen atoms in total. The maximum absolute atomic E-state index is 12.0. The third-order valence-corrected chi connectivity index (χ3v) is 3.82. The molecule has 0 fully saturated rings. The fraction of sp³-hybridized carbons (Fsp3) is 0.316. The van der Waals surface area contributed by atoms with Crippen LogP contribution >= 0.6 is 0 Å². The van der Waals surface area contributed by atoms with E-state index in [9.17, 15) is 4.79 Å². The molecule has 0 saturated carbocycles. The summed E-state index contributed by atoms with van der Waals surface area (Å²) in [4.78, 5) is 12.0. The van der Waals surface area contributed by atoms with Gasteiger partial charge in [-0.25, -0.2) is 0 Å². The number of carbonyl (C=O) groups is 1. The molecular formula is C19H24N2O2. The predicted molar refractivity (Wildman–Crippen MR) is 94.1 cm³/mol. The van der Waals surface area contributed by atoms with Crippen LogP contribution in [0, 0.1) is 13.8 Å². The highest BCUT2D eigenvalue weighted by Gasteiger charge is 2.06. The molecule has 0 radical (unpaired) electrons. The number of aryl methyl sites for hydroxylation is 2. The number of anilines is 1. The van der Waals surface area contributed by atoms with E-state index in [-0.39, 0.29) is 12.5 Å². The summed E-state index contributed by atoms with van der Waals surface area (Å²) >= 11 is 0. The summed E-state index contributed by atoms with van der Waals surface area (Å²) in [5.41, 5.74) is 4.42. The van der Waals surface area contributed by atoms with E-state index in [1.807, 2.05) is 56.3 Å². The lowest BCUT2D eigenvalue weighted by atomic mass is 10.1. The van der Waals surface area contributed by atoms with Crippen LogP contribution in [-0.2, 0) is 11.2 Å². The Balaban J connectivity index is 1.79. The fourth-order valence-corrected chi connectivity index (χ4v) is 2.57. The van der Waals surface area contributed by atoms with Gasteiger partial charge in [-0.2, -0.15) is 0 Å². The Bertz CT molecular complexity index is 648. The van der Waals surface area contributed by atoms with E-state index in [1.54, 1.807) is 7.11 Å². The number of nitrogens with one attached hydrogen (secondary N) is 2. The number of hydrogen-bond donors (Lipinski definition) is 2. The van der Waals surface area contributed by atoms with Crippen LogP contribution in [0.5, 0.6) is 5.75 Å². The first-order valence-electron chi connectivity index (χ1n) is 7.80. The molecule has 0 saturated heterocycles. The third kappa shape index (κ3) is 4.74. The lowest BCUT2D eigenvalue weighted by Gasteiger charge is -2.13. The Morgan fingerprint density at radius 2 is 1.74 bits per heavy atom. The maximum atomic E-state index is 12.0. The Morgan fingerprint density at radius 1 is 1.04 bits per heavy atom. The monoisotopic (exact) mass is 312 g/mol. The van der Waals surface area contributed by atoms with Gasteiger partial charge < -0.3 is 15.4 Å². The van der Waals surface area contributed by atoms with Crippen molar-refractivity contribution in [2.24, 2.45) is 0 Å². The standard InChI is InChI=1S/C19H24N2O2/c1-14-7-6-8-15(2)19(14)21-13-18(22)20-12-11-16-9-4-5-10-17(16)23-3/h4-10,21H,11-13H2,1-3H3,(H,20,22). The van der Waals surface area contributed by atoms with Crippen molar-refractivity contribution in [2.45, 2.75) is 20.3 Å². The maximum Gasteiger partial charge on any atom is 0.239 e. The van der Waals surface area contributed by atoms with E-state index in [0.717, 1.165) is 34.5 Å². The van der Waals surface area contributed by atoms with E-state index < -0.39 is 0 Å². The van der Waals surface area contributed by atoms with Crippen LogP contribution in [0.3, 0.4) is 0 Å². The van der Waals surface area contributed by atoms with Crippen molar-refractivity contribution < 1.29 is 9.53 Å². The van der Waals surface area contributed by atoms with Gasteiger partial charge in [-0.05, 0) is 43.0 Å². The minimum atomic E-state index is -0.0115. The van der Waals surface area contributed by atoms with Crippen LogP contribution in [0.4, 0.5) is 5.69 Å². The van der Waals surface area contributed by atoms with Crippen LogP contribution < -0.4 is 15.4 Å². The summed E-state index contributed by atoms with van der Waals surface area (Å²) in [6.45, 7) is 4.94. The zero-order valence-electron chi connectivity index (χ0n) is 14.0. The topological polar surface area (TPSA) is 50.4 Å². The van der Waals surface area contributed by atoms with Gasteiger partial charge in [0.1, 0.15) is 5.75 Å². The Hall–Kier alpha value is -2.49. The highest BCUT2D eigenvalue weighted by Crippen LogP contribution is 2.19. The van der Waals surface area contributed by atoms with Crippen LogP contribution in [0.1, 0.15) is 16.7 Å². The molecule has 1 amide bonds. The summed E-state index contributed by atoms with van der Waals surface area (Å²) in [5, 5.41) is 6.15. The molecule has 0 aromatic heterocycles. The first-order valence-corrected chi connectivity index (χ1v) is 7.80. The number of carbonyl (C=O) groups excluding carboxylic acids is 1. The molecule has 0 atom stereocenters. The van der Waals surface area contributed by atoms with Gasteiger partial charge in [0.25, 0.3) is 0 Å². The molecule has 0 bridgehead atoms. The number of ether oxygens (including phenoxy) is 1. The molecule has 0 spiro atoms. The molecule has 0 aliphatic rings. The predicted octanol–water partition coefficient (Wildman–Crippen LogP) is 3.08. The Morgan fingerprint density at radius 3 is 2.43 bits per heavy atom. The number of amides is 1. The number of benzene rings is 2. The second kappa shape index (κ2) is 8.22. The molecular weight excluding hydrogens is 288 g/mol. The zero-order chi connectivity index (χ0) is 16.7. The van der Waals surface area contributed by atoms with Gasteiger partial charge in [-0.15, -0.1) is 0 Å². The minimum absolute atomic E-state index is 0.0115. The molecule has 23 heavy (non-hydrogen) atoms. The Kier molecular flexibility index (Phi) is 6.03. The average Bonchev–Trinajstić information content (AvgIpc) is 2.55. The summed E-state index contributed by atoms with van der Waals surface area (Å²) in [6, 6.07) is 13.9. The lowest BCUT2D eigenvalue weighted by Crippen LogP contribution is -2.31. The van der Waals surface area contributed by atoms with Crippen LogP contribution in [0.2, 0.25) is 0 Å². The molecule has 2 N–H and O–H groups in total. The van der Waals surface area contributed by atoms with Gasteiger partial charge in [-0.3, -0.25) is 4.79 Å². The van der Waals surface area contributed by atoms with Gasteiger partial charge in [0, 0.05) is 12.2 Å². The lowest BCUT2D eigenvalue weighted by molar-refractivity contribution is -0.119. The van der Waals surface area contributed by atoms with Gasteiger partial charge in [0.2, 0.25) is 5.91 Å². The number of rotatable bonds is 7. The summed E-state index contributed by atoms with van der Waals surface area (Å²) in [7, 11) is 1.66. The molecule has 2 aromatic rings. The van der Waals surface area contributed by atoms with Crippen molar-refractivity contribution >= 4 is 11.6 Å². The first kappa shape index (κ1) is 16.9. The van der Waals surface area contributed by atoms with Crippen molar-refractivity contribution in [1.82, 2.24) is 5.32 Å². The van der Waals surface area contributed by atoms with Crippen LogP contribution in [-0.4, -0.2) is 26.1 Å². The van der Waals surface area contributed by atoms with Gasteiger partial charge in [0.05, 0.1) is 13.7 Å². The summed E-state index contributed by atoms with van der Waals surface area (Å²) < 4.78 is 5.31. The van der Waals surface area contributed by atoms with E-state index in [2.05, 4.69) is 10.6 Å². The molecule has 2 rings (SSSR count). The van der Waals surface area contributed by atoms with E-state index in [0.29, 0.717) is 6.54 Å². The highest BCUT2D eigenvalue weighted by molar-refractivity contribution is 5.81. The molecule has 122 valence electrons. The molecule has 2 aromatic carbocycles. The number of methoxy groups -OCH3 is 1. The normalized spacial score (nSPS) is 10.2. The van der Waals surface area contributed by atoms with Crippen molar-refractivity contribution in [1.29, 1.82) is 0 Å². The highest BCUT2D eigenvalue weighted by atomic mass is 16.5. The van der Waals surface area contributed by atoms with Gasteiger partial charge in [-0.1, -0.05) is 36.4 Å². The average molecular weight is 312 g/mol. The molecule has 0 aliphatic heterocycles. The minimum Gasteiger partial charge on any atom is -0.496 e. The van der Waals surface area contributed by atoms with E-state index in [1.165, 1.54) is 0 Å². The number of hydrogen-bond acceptors (Lipinski definition) is 3.